The van der Waals surface area contributed by atoms with Gasteiger partial charge in [-0.2, -0.15) is 0 Å². The number of rotatable bonds is 12. The summed E-state index contributed by atoms with van der Waals surface area (Å²) in [5.74, 6) is -3.05. The fourth-order valence-corrected chi connectivity index (χ4v) is 5.30. The van der Waals surface area contributed by atoms with Gasteiger partial charge in [-0.25, -0.2) is 14.4 Å². The lowest BCUT2D eigenvalue weighted by Gasteiger charge is -2.23. The van der Waals surface area contributed by atoms with Crippen molar-refractivity contribution in [1.82, 2.24) is 10.6 Å². The average Bonchev–Trinajstić information content (AvgIpc) is 3.55. The van der Waals surface area contributed by atoms with Crippen LogP contribution in [0.1, 0.15) is 65.8 Å². The van der Waals surface area contributed by atoms with E-state index in [-0.39, 0.29) is 40.3 Å². The van der Waals surface area contributed by atoms with Crippen LogP contribution in [0, 0.1) is 0 Å². The number of ether oxygens (including phenoxy) is 1. The zero-order chi connectivity index (χ0) is 30.2. The van der Waals surface area contributed by atoms with E-state index in [1.54, 1.807) is 54.6 Å². The first-order valence-electron chi connectivity index (χ1n) is 14.3. The van der Waals surface area contributed by atoms with Crippen LogP contribution in [-0.4, -0.2) is 58.8 Å². The third-order valence-corrected chi connectivity index (χ3v) is 7.59. The predicted octanol–water partition coefficient (Wildman–Crippen LogP) is 5.08. The van der Waals surface area contributed by atoms with Gasteiger partial charge in [0.2, 0.25) is 5.91 Å². The van der Waals surface area contributed by atoms with Crippen molar-refractivity contribution in [3.8, 4) is 22.3 Å². The summed E-state index contributed by atoms with van der Waals surface area (Å²) in [6, 6.07) is 16.9. The molecule has 1 fully saturated rings. The zero-order valence-corrected chi connectivity index (χ0v) is 24.2. The maximum absolute atomic E-state index is 13.3. The quantitative estimate of drug-likeness (QED) is 0.213. The maximum atomic E-state index is 13.3. The molecule has 1 aliphatic heterocycles. The first-order valence-corrected chi connectivity index (χ1v) is 14.3. The molecule has 0 spiro atoms. The Morgan fingerprint density at radius 1 is 0.860 bits per heavy atom. The smallest absolute Gasteiger partial charge is 0.336 e. The monoisotopic (exact) mass is 592 g/mol. The molecule has 0 aromatic heterocycles. The number of hydrogen-bond donors (Lipinski definition) is 4. The zero-order valence-electron chi connectivity index (χ0n) is 24.2. The molecule has 1 saturated heterocycles. The van der Waals surface area contributed by atoms with Crippen molar-refractivity contribution in [1.29, 1.82) is 0 Å². The summed E-state index contributed by atoms with van der Waals surface area (Å²) in [5.41, 5.74) is 2.62. The maximum Gasteiger partial charge on any atom is 0.336 e. The molecule has 1 amide bonds. The summed E-state index contributed by atoms with van der Waals surface area (Å²) < 4.78 is 5.73. The third-order valence-electron chi connectivity index (χ3n) is 7.59. The summed E-state index contributed by atoms with van der Waals surface area (Å²) in [6.45, 7) is 4.58. The molecular formula is C33H37FN2O7. The molecule has 1 unspecified atom stereocenters. The number of nitrogens with one attached hydrogen (secondary N) is 2. The lowest BCUT2D eigenvalue weighted by Crippen LogP contribution is -2.50. The van der Waals surface area contributed by atoms with E-state index in [1.165, 1.54) is 12.1 Å². The Morgan fingerprint density at radius 2 is 1.44 bits per heavy atom. The first kappa shape index (κ1) is 32.9. The van der Waals surface area contributed by atoms with E-state index in [2.05, 4.69) is 10.6 Å². The minimum atomic E-state index is -1.13. The predicted molar refractivity (Wildman–Crippen MR) is 161 cm³/mol. The van der Waals surface area contributed by atoms with E-state index in [1.807, 2.05) is 13.8 Å². The Bertz CT molecular complexity index is 1470. The third kappa shape index (κ3) is 7.84. The minimum absolute atomic E-state index is 0. The average molecular weight is 593 g/mol. The molecule has 228 valence electrons. The number of carbonyl (C=O) groups is 4. The van der Waals surface area contributed by atoms with Crippen molar-refractivity contribution < 1.29 is 38.8 Å². The van der Waals surface area contributed by atoms with E-state index in [4.69, 9.17) is 4.74 Å². The highest BCUT2D eigenvalue weighted by atomic mass is 19.0. The number of carbonyl (C=O) groups excluding carboxylic acids is 2. The van der Waals surface area contributed by atoms with Gasteiger partial charge in [0.15, 0.2) is 0 Å². The van der Waals surface area contributed by atoms with Crippen molar-refractivity contribution >= 4 is 23.8 Å². The molecular weight excluding hydrogens is 555 g/mol. The van der Waals surface area contributed by atoms with Gasteiger partial charge in [0.05, 0.1) is 17.2 Å². The molecule has 0 bridgehead atoms. The highest BCUT2D eigenvalue weighted by Gasteiger charge is 2.30. The molecule has 9 nitrogen and oxygen atoms in total. The number of hydrogen-bond acceptors (Lipinski definition) is 6. The van der Waals surface area contributed by atoms with E-state index in [0.29, 0.717) is 47.1 Å². The van der Waals surface area contributed by atoms with Crippen molar-refractivity contribution in [3.05, 3.63) is 83.4 Å². The first-order chi connectivity index (χ1) is 20.2. The van der Waals surface area contributed by atoms with Crippen molar-refractivity contribution in [2.24, 2.45) is 0 Å². The Morgan fingerprint density at radius 3 is 1.98 bits per heavy atom. The Kier molecular flexibility index (Phi) is 11.5. The molecule has 2 atom stereocenters. The second-order valence-corrected chi connectivity index (χ2v) is 10.4. The SMILES string of the molecule is CCC(CC)OC(=O)[C@H](Cc1ccc(-c2ccccc2C(=O)O)c(-c2ccccc2C(=O)O)c1)NC(=O)C1CCCN1.F. The molecule has 4 N–H and O–H groups in total. The van der Waals surface area contributed by atoms with Gasteiger partial charge in [-0.15, -0.1) is 0 Å². The van der Waals surface area contributed by atoms with Crippen LogP contribution in [0.3, 0.4) is 0 Å². The molecule has 10 heteroatoms. The second kappa shape index (κ2) is 15.1. The van der Waals surface area contributed by atoms with E-state index < -0.39 is 23.9 Å². The van der Waals surface area contributed by atoms with Crippen LogP contribution >= 0.6 is 0 Å². The number of halogens is 1. The summed E-state index contributed by atoms with van der Waals surface area (Å²) in [5, 5.41) is 25.8. The van der Waals surface area contributed by atoms with Crippen LogP contribution in [0.25, 0.3) is 22.3 Å². The van der Waals surface area contributed by atoms with Crippen LogP contribution in [0.5, 0.6) is 0 Å². The van der Waals surface area contributed by atoms with E-state index >= 15 is 0 Å². The van der Waals surface area contributed by atoms with Crippen LogP contribution < -0.4 is 10.6 Å². The molecule has 1 aliphatic rings. The fraction of sp³-hybridized carbons (Fsp3) is 0.333. The Labute approximate surface area is 249 Å². The summed E-state index contributed by atoms with van der Waals surface area (Å²) in [7, 11) is 0. The summed E-state index contributed by atoms with van der Waals surface area (Å²) in [4.78, 5) is 50.6. The van der Waals surface area contributed by atoms with Crippen molar-refractivity contribution in [2.45, 2.75) is 64.1 Å². The number of amides is 1. The van der Waals surface area contributed by atoms with Gasteiger partial charge in [-0.3, -0.25) is 9.50 Å². The number of benzene rings is 3. The number of carboxylic acids is 2. The van der Waals surface area contributed by atoms with E-state index in [0.717, 1.165) is 13.0 Å². The fourth-order valence-electron chi connectivity index (χ4n) is 5.30. The highest BCUT2D eigenvalue weighted by Crippen LogP contribution is 2.37. The Hall–Kier alpha value is -4.57. The molecule has 43 heavy (non-hydrogen) atoms. The second-order valence-electron chi connectivity index (χ2n) is 10.4. The minimum Gasteiger partial charge on any atom is -0.478 e. The van der Waals surface area contributed by atoms with Crippen LogP contribution in [0.2, 0.25) is 0 Å². The van der Waals surface area contributed by atoms with Crippen molar-refractivity contribution in [3.63, 3.8) is 0 Å². The van der Waals surface area contributed by atoms with Gasteiger partial charge in [-0.1, -0.05) is 68.4 Å². The molecule has 1 heterocycles. The van der Waals surface area contributed by atoms with Crippen LogP contribution in [0.15, 0.2) is 66.7 Å². The lowest BCUT2D eigenvalue weighted by atomic mass is 9.87. The largest absolute Gasteiger partial charge is 0.478 e. The van der Waals surface area contributed by atoms with Gasteiger partial charge < -0.3 is 25.6 Å². The molecule has 4 rings (SSSR count). The summed E-state index contributed by atoms with van der Waals surface area (Å²) in [6.07, 6.45) is 2.64. The number of esters is 1. The topological polar surface area (TPSA) is 142 Å². The van der Waals surface area contributed by atoms with Gasteiger partial charge in [-0.05, 0) is 72.2 Å². The molecule has 0 saturated carbocycles. The number of carboxylic acid groups (broad SMARTS) is 2. The highest BCUT2D eigenvalue weighted by molar-refractivity contribution is 6.02. The normalized spacial score (nSPS) is 14.9. The van der Waals surface area contributed by atoms with E-state index in [9.17, 15) is 29.4 Å². The van der Waals surface area contributed by atoms with Gasteiger partial charge in [0.25, 0.3) is 0 Å². The molecule has 0 radical (unpaired) electrons. The van der Waals surface area contributed by atoms with Gasteiger partial charge in [0, 0.05) is 6.42 Å². The molecule has 3 aromatic rings. The molecule has 0 aliphatic carbocycles. The van der Waals surface area contributed by atoms with Crippen LogP contribution in [0.4, 0.5) is 4.70 Å². The lowest BCUT2D eigenvalue weighted by molar-refractivity contribution is -0.153. The summed E-state index contributed by atoms with van der Waals surface area (Å²) >= 11 is 0. The molecule has 3 aromatic carbocycles. The number of aromatic carboxylic acids is 2. The van der Waals surface area contributed by atoms with Gasteiger partial charge in [0.1, 0.15) is 12.1 Å². The standard InChI is InChI=1S/C33H36N2O7.FH/c1-3-21(4-2)42-33(41)29(35-30(36)28-14-9-17-34-28)19-20-15-16-24(22-10-5-7-12-25(22)31(37)38)27(18-20)23-11-6-8-13-26(23)32(39)40;/h5-8,10-13,15-16,18,21,28-29,34H,3-4,9,14,17,19H2,1-2H3,(H,35,36)(H,37,38)(H,39,40);1H/t28?,29-;/m0./s1. The van der Waals surface area contributed by atoms with Crippen LogP contribution in [-0.2, 0) is 20.7 Å². The van der Waals surface area contributed by atoms with Gasteiger partial charge >= 0.3 is 17.9 Å². The van der Waals surface area contributed by atoms with Crippen molar-refractivity contribution in [2.75, 3.05) is 6.54 Å². The Balaban J connectivity index is 0.00000506.